The van der Waals surface area contributed by atoms with Crippen LogP contribution < -0.4 is 5.32 Å². The second-order valence-electron chi connectivity index (χ2n) is 6.99. The predicted molar refractivity (Wildman–Crippen MR) is 117 cm³/mol. The number of para-hydroxylation sites is 1. The monoisotopic (exact) mass is 425 g/mol. The summed E-state index contributed by atoms with van der Waals surface area (Å²) < 4.78 is 5.44. The molecule has 0 aliphatic carbocycles. The molecule has 0 spiro atoms. The number of nitrogens with one attached hydrogen (secondary N) is 1. The molecule has 0 bridgehead atoms. The smallest absolute Gasteiger partial charge is 0.244 e. The third-order valence-electron chi connectivity index (χ3n) is 4.52. The number of nitrogens with zero attached hydrogens (tertiary/aromatic N) is 2. The van der Waals surface area contributed by atoms with Gasteiger partial charge in [0.1, 0.15) is 5.76 Å². The van der Waals surface area contributed by atoms with Crippen LogP contribution in [0.5, 0.6) is 0 Å². The molecule has 0 atom stereocenters. The zero-order valence-electron chi connectivity index (χ0n) is 16.8. The SMILES string of the molecule is CN(CC(=O)Nc1ccccc1Cl)C(=O)CN(Cc1ccccc1)Cc1ccco1. The molecule has 0 aliphatic heterocycles. The highest BCUT2D eigenvalue weighted by molar-refractivity contribution is 6.33. The Balaban J connectivity index is 1.59. The van der Waals surface area contributed by atoms with E-state index in [2.05, 4.69) is 5.32 Å². The van der Waals surface area contributed by atoms with E-state index in [0.29, 0.717) is 23.8 Å². The number of rotatable bonds is 9. The van der Waals surface area contributed by atoms with Crippen molar-refractivity contribution in [3.63, 3.8) is 0 Å². The van der Waals surface area contributed by atoms with E-state index < -0.39 is 0 Å². The van der Waals surface area contributed by atoms with E-state index in [-0.39, 0.29) is 24.9 Å². The normalized spacial score (nSPS) is 10.8. The first-order chi connectivity index (χ1) is 14.5. The van der Waals surface area contributed by atoms with Crippen molar-refractivity contribution in [2.24, 2.45) is 0 Å². The molecule has 7 heteroatoms. The number of carbonyl (C=O) groups is 2. The molecule has 30 heavy (non-hydrogen) atoms. The predicted octanol–water partition coefficient (Wildman–Crippen LogP) is 4.03. The number of furan rings is 1. The van der Waals surface area contributed by atoms with Gasteiger partial charge < -0.3 is 14.6 Å². The second-order valence-corrected chi connectivity index (χ2v) is 7.40. The van der Waals surface area contributed by atoms with Crippen LogP contribution in [-0.4, -0.2) is 41.8 Å². The molecular weight excluding hydrogens is 402 g/mol. The summed E-state index contributed by atoms with van der Waals surface area (Å²) in [5.41, 5.74) is 1.62. The minimum atomic E-state index is -0.306. The fourth-order valence-corrected chi connectivity index (χ4v) is 3.18. The summed E-state index contributed by atoms with van der Waals surface area (Å²) in [6.07, 6.45) is 1.61. The van der Waals surface area contributed by atoms with Crippen LogP contribution in [0.1, 0.15) is 11.3 Å². The first-order valence-corrected chi connectivity index (χ1v) is 9.96. The van der Waals surface area contributed by atoms with Crippen molar-refractivity contribution in [1.29, 1.82) is 0 Å². The lowest BCUT2D eigenvalue weighted by molar-refractivity contribution is -0.134. The number of hydrogen-bond donors (Lipinski definition) is 1. The number of halogens is 1. The fraction of sp³-hybridized carbons (Fsp3) is 0.217. The van der Waals surface area contributed by atoms with Crippen molar-refractivity contribution in [1.82, 2.24) is 9.80 Å². The molecule has 0 unspecified atom stereocenters. The molecule has 156 valence electrons. The summed E-state index contributed by atoms with van der Waals surface area (Å²) >= 11 is 6.07. The Bertz CT molecular complexity index is 961. The van der Waals surface area contributed by atoms with Crippen LogP contribution in [0.4, 0.5) is 5.69 Å². The van der Waals surface area contributed by atoms with Crippen LogP contribution in [0, 0.1) is 0 Å². The molecule has 0 fully saturated rings. The first-order valence-electron chi connectivity index (χ1n) is 9.58. The van der Waals surface area contributed by atoms with E-state index >= 15 is 0 Å². The molecule has 0 saturated carbocycles. The minimum absolute atomic E-state index is 0.0655. The van der Waals surface area contributed by atoms with Gasteiger partial charge in [0.2, 0.25) is 11.8 Å². The van der Waals surface area contributed by atoms with E-state index in [9.17, 15) is 9.59 Å². The van der Waals surface area contributed by atoms with Crippen molar-refractivity contribution < 1.29 is 14.0 Å². The first kappa shape index (κ1) is 21.6. The molecule has 0 saturated heterocycles. The highest BCUT2D eigenvalue weighted by atomic mass is 35.5. The molecular formula is C23H24ClN3O3. The third kappa shape index (κ3) is 6.47. The summed E-state index contributed by atoms with van der Waals surface area (Å²) in [5.74, 6) is 0.309. The molecule has 1 N–H and O–H groups in total. The van der Waals surface area contributed by atoms with E-state index in [0.717, 1.165) is 11.3 Å². The summed E-state index contributed by atoms with van der Waals surface area (Å²) in [7, 11) is 1.61. The molecule has 0 radical (unpaired) electrons. The summed E-state index contributed by atoms with van der Waals surface area (Å²) in [5, 5.41) is 3.18. The number of likely N-dealkylation sites (N-methyl/N-ethyl adjacent to an activating group) is 1. The van der Waals surface area contributed by atoms with Crippen LogP contribution in [0.2, 0.25) is 5.02 Å². The maximum atomic E-state index is 12.8. The zero-order chi connectivity index (χ0) is 21.3. The lowest BCUT2D eigenvalue weighted by Gasteiger charge is -2.24. The van der Waals surface area contributed by atoms with Gasteiger partial charge in [-0.2, -0.15) is 0 Å². The van der Waals surface area contributed by atoms with E-state index in [1.54, 1.807) is 37.6 Å². The van der Waals surface area contributed by atoms with Crippen LogP contribution in [0.25, 0.3) is 0 Å². The quantitative estimate of drug-likeness (QED) is 0.562. The number of benzene rings is 2. The third-order valence-corrected chi connectivity index (χ3v) is 4.85. The van der Waals surface area contributed by atoms with Gasteiger partial charge in [0.05, 0.1) is 36.6 Å². The lowest BCUT2D eigenvalue weighted by Crippen LogP contribution is -2.41. The van der Waals surface area contributed by atoms with Crippen LogP contribution in [-0.2, 0) is 22.7 Å². The van der Waals surface area contributed by atoms with Gasteiger partial charge in [-0.15, -0.1) is 0 Å². The number of carbonyl (C=O) groups excluding carboxylic acids is 2. The number of anilines is 1. The van der Waals surface area contributed by atoms with Crippen molar-refractivity contribution >= 4 is 29.1 Å². The van der Waals surface area contributed by atoms with Crippen molar-refractivity contribution in [3.8, 4) is 0 Å². The Kier molecular flexibility index (Phi) is 7.65. The summed E-state index contributed by atoms with van der Waals surface area (Å²) in [4.78, 5) is 28.5. The maximum Gasteiger partial charge on any atom is 0.244 e. The van der Waals surface area contributed by atoms with Gasteiger partial charge in [0.25, 0.3) is 0 Å². The molecule has 2 aromatic carbocycles. The largest absolute Gasteiger partial charge is 0.468 e. The zero-order valence-corrected chi connectivity index (χ0v) is 17.5. The van der Waals surface area contributed by atoms with Crippen LogP contribution in [0.15, 0.2) is 77.4 Å². The van der Waals surface area contributed by atoms with E-state index in [1.807, 2.05) is 47.4 Å². The number of amides is 2. The average molecular weight is 426 g/mol. The minimum Gasteiger partial charge on any atom is -0.468 e. The van der Waals surface area contributed by atoms with Gasteiger partial charge in [-0.3, -0.25) is 14.5 Å². The van der Waals surface area contributed by atoms with Gasteiger partial charge in [0, 0.05) is 13.6 Å². The van der Waals surface area contributed by atoms with Crippen molar-refractivity contribution in [2.75, 3.05) is 25.5 Å². The summed E-state index contributed by atoms with van der Waals surface area (Å²) in [6.45, 7) is 1.18. The highest BCUT2D eigenvalue weighted by Gasteiger charge is 2.18. The molecule has 2 amide bonds. The summed E-state index contributed by atoms with van der Waals surface area (Å²) in [6, 6.07) is 20.6. The van der Waals surface area contributed by atoms with Gasteiger partial charge in [-0.25, -0.2) is 0 Å². The Hall–Kier alpha value is -3.09. The molecule has 6 nitrogen and oxygen atoms in total. The molecule has 1 aromatic heterocycles. The fourth-order valence-electron chi connectivity index (χ4n) is 3.00. The topological polar surface area (TPSA) is 65.8 Å². The van der Waals surface area contributed by atoms with Crippen LogP contribution in [0.3, 0.4) is 0 Å². The lowest BCUT2D eigenvalue weighted by atomic mass is 10.2. The Morgan fingerprint density at radius 1 is 0.933 bits per heavy atom. The van der Waals surface area contributed by atoms with E-state index in [4.69, 9.17) is 16.0 Å². The van der Waals surface area contributed by atoms with Crippen molar-refractivity contribution in [3.05, 3.63) is 89.3 Å². The number of hydrogen-bond acceptors (Lipinski definition) is 4. The second kappa shape index (κ2) is 10.6. The standard InChI is InChI=1S/C23H24ClN3O3/c1-26(16-22(28)25-21-12-6-5-11-20(21)24)23(29)17-27(15-19-10-7-13-30-19)14-18-8-3-2-4-9-18/h2-13H,14-17H2,1H3,(H,25,28). The molecule has 3 rings (SSSR count). The maximum absolute atomic E-state index is 12.8. The average Bonchev–Trinajstić information content (AvgIpc) is 3.23. The van der Waals surface area contributed by atoms with Gasteiger partial charge in [-0.1, -0.05) is 54.1 Å². The Labute approximate surface area is 181 Å². The molecule has 0 aliphatic rings. The van der Waals surface area contributed by atoms with Crippen LogP contribution >= 0.6 is 11.6 Å². The Morgan fingerprint density at radius 2 is 1.67 bits per heavy atom. The van der Waals surface area contributed by atoms with Gasteiger partial charge in [0.15, 0.2) is 0 Å². The van der Waals surface area contributed by atoms with Gasteiger partial charge in [-0.05, 0) is 29.8 Å². The van der Waals surface area contributed by atoms with Gasteiger partial charge >= 0.3 is 0 Å². The highest BCUT2D eigenvalue weighted by Crippen LogP contribution is 2.20. The molecule has 3 aromatic rings. The molecule has 1 heterocycles. The van der Waals surface area contributed by atoms with Crippen molar-refractivity contribution in [2.45, 2.75) is 13.1 Å². The van der Waals surface area contributed by atoms with E-state index in [1.165, 1.54) is 4.90 Å². The Morgan fingerprint density at radius 3 is 2.37 bits per heavy atom.